The van der Waals surface area contributed by atoms with Crippen molar-refractivity contribution in [2.45, 2.75) is 78.4 Å². The number of carbonyl (C=O) groups is 4. The molecular formula is C23H28O11. The van der Waals surface area contributed by atoms with Gasteiger partial charge in [-0.15, -0.1) is 0 Å². The molecule has 34 heavy (non-hydrogen) atoms. The lowest BCUT2D eigenvalue weighted by molar-refractivity contribution is -0.328. The van der Waals surface area contributed by atoms with Gasteiger partial charge in [-0.3, -0.25) is 28.7 Å². The number of esters is 4. The van der Waals surface area contributed by atoms with Crippen LogP contribution in [-0.2, 0) is 42.9 Å². The lowest BCUT2D eigenvalue weighted by Gasteiger charge is -2.43. The zero-order valence-electron chi connectivity index (χ0n) is 19.8. The van der Waals surface area contributed by atoms with Crippen LogP contribution >= 0.6 is 0 Å². The van der Waals surface area contributed by atoms with Crippen LogP contribution in [0.2, 0.25) is 0 Å². The number of ether oxygens (including phenoxy) is 6. The second-order valence-corrected chi connectivity index (χ2v) is 7.88. The molecule has 1 aromatic rings. The van der Waals surface area contributed by atoms with E-state index < -0.39 is 60.2 Å². The Hall–Kier alpha value is -3.47. The molecule has 186 valence electrons. The molecule has 11 nitrogen and oxygen atoms in total. The van der Waals surface area contributed by atoms with Gasteiger partial charge in [0.05, 0.1) is 0 Å². The largest absolute Gasteiger partial charge is 0.456 e. The highest BCUT2D eigenvalue weighted by molar-refractivity contribution is 5.69. The third-order valence-corrected chi connectivity index (χ3v) is 4.63. The zero-order chi connectivity index (χ0) is 25.6. The van der Waals surface area contributed by atoms with Crippen LogP contribution in [0.3, 0.4) is 0 Å². The molecule has 0 bridgehead atoms. The summed E-state index contributed by atoms with van der Waals surface area (Å²) in [4.78, 5) is 59.7. The van der Waals surface area contributed by atoms with E-state index in [1.807, 2.05) is 13.8 Å². The van der Waals surface area contributed by atoms with Gasteiger partial charge in [-0.25, -0.2) is 0 Å². The summed E-state index contributed by atoms with van der Waals surface area (Å²) >= 11 is 0. The van der Waals surface area contributed by atoms with Crippen molar-refractivity contribution in [3.63, 3.8) is 0 Å². The molecule has 1 aliphatic rings. The van der Waals surface area contributed by atoms with Gasteiger partial charge >= 0.3 is 23.9 Å². The highest BCUT2D eigenvalue weighted by Gasteiger charge is 2.54. The van der Waals surface area contributed by atoms with E-state index in [4.69, 9.17) is 28.4 Å². The van der Waals surface area contributed by atoms with Crippen LogP contribution in [0.25, 0.3) is 0 Å². The summed E-state index contributed by atoms with van der Waals surface area (Å²) in [5, 5.41) is 0. The molecule has 0 aliphatic carbocycles. The van der Waals surface area contributed by atoms with E-state index in [-0.39, 0.29) is 11.7 Å². The normalized spacial score (nSPS) is 24.0. The van der Waals surface area contributed by atoms with Gasteiger partial charge in [0.15, 0.2) is 11.9 Å². The highest BCUT2D eigenvalue weighted by Crippen LogP contribution is 2.31. The molecule has 1 saturated heterocycles. The van der Waals surface area contributed by atoms with Crippen LogP contribution in [0.1, 0.15) is 53.0 Å². The van der Waals surface area contributed by atoms with Gasteiger partial charge in [0.25, 0.3) is 0 Å². The predicted molar refractivity (Wildman–Crippen MR) is 115 cm³/mol. The first-order valence-electron chi connectivity index (χ1n) is 10.5. The Morgan fingerprint density at radius 2 is 1.26 bits per heavy atom. The Morgan fingerprint density at radius 1 is 0.765 bits per heavy atom. The third-order valence-electron chi connectivity index (χ3n) is 4.63. The summed E-state index contributed by atoms with van der Waals surface area (Å²) in [6.45, 7) is 8.19. The number of hydrogen-bond acceptors (Lipinski definition) is 11. The average Bonchev–Trinajstić information content (AvgIpc) is 2.87. The molecule has 0 amide bonds. The van der Waals surface area contributed by atoms with Crippen molar-refractivity contribution < 1.29 is 47.6 Å². The number of hydrogen-bond donors (Lipinski definition) is 0. The van der Waals surface area contributed by atoms with Crippen molar-refractivity contribution in [2.75, 3.05) is 0 Å². The molecule has 5 atom stereocenters. The van der Waals surface area contributed by atoms with Crippen molar-refractivity contribution in [1.82, 2.24) is 0 Å². The Labute approximate surface area is 196 Å². The fraction of sp³-hybridized carbons (Fsp3) is 0.522. The quantitative estimate of drug-likeness (QED) is 0.415. The van der Waals surface area contributed by atoms with E-state index in [9.17, 15) is 24.0 Å². The third kappa shape index (κ3) is 7.27. The number of rotatable bonds is 7. The Bertz CT molecular complexity index is 987. The topological polar surface area (TPSA) is 141 Å². The molecular weight excluding hydrogens is 452 g/mol. The first kappa shape index (κ1) is 26.8. The first-order chi connectivity index (χ1) is 15.9. The molecule has 0 radical (unpaired) electrons. The van der Waals surface area contributed by atoms with E-state index in [1.165, 1.54) is 12.1 Å². The molecule has 0 unspecified atom stereocenters. The van der Waals surface area contributed by atoms with Gasteiger partial charge < -0.3 is 23.7 Å². The van der Waals surface area contributed by atoms with Crippen LogP contribution in [0, 0.1) is 0 Å². The molecule has 0 spiro atoms. The van der Waals surface area contributed by atoms with Gasteiger partial charge in [0.1, 0.15) is 0 Å². The average molecular weight is 480 g/mol. The second kappa shape index (κ2) is 11.6. The van der Waals surface area contributed by atoms with Crippen molar-refractivity contribution >= 4 is 23.9 Å². The summed E-state index contributed by atoms with van der Waals surface area (Å²) < 4.78 is 32.4. The van der Waals surface area contributed by atoms with Gasteiger partial charge in [0.2, 0.25) is 30.2 Å². The van der Waals surface area contributed by atoms with Crippen molar-refractivity contribution in [3.8, 4) is 5.75 Å². The molecule has 0 aromatic heterocycles. The summed E-state index contributed by atoms with van der Waals surface area (Å²) in [6.07, 6.45) is -7.62. The summed E-state index contributed by atoms with van der Waals surface area (Å²) in [6, 6.07) is 6.08. The van der Waals surface area contributed by atoms with Gasteiger partial charge in [-0.2, -0.15) is 0 Å². The van der Waals surface area contributed by atoms with Crippen molar-refractivity contribution in [3.05, 3.63) is 40.1 Å². The van der Waals surface area contributed by atoms with E-state index >= 15 is 0 Å². The molecule has 1 heterocycles. The smallest absolute Gasteiger partial charge is 0.305 e. The van der Waals surface area contributed by atoms with E-state index in [0.29, 0.717) is 0 Å². The van der Waals surface area contributed by atoms with E-state index in [2.05, 4.69) is 0 Å². The SMILES string of the molecule is CC(=O)O[C@H]1O[C@@H](Oc2cc(C(C)C)cccc2=O)[C@H](OC(C)=O)[C@@H](OC(C)=O)[C@@H]1OC(C)=O. The number of carbonyl (C=O) groups excluding carboxylic acids is 4. The van der Waals surface area contributed by atoms with Crippen molar-refractivity contribution in [2.24, 2.45) is 0 Å². The van der Waals surface area contributed by atoms with Crippen LogP contribution in [-0.4, -0.2) is 54.8 Å². The molecule has 0 N–H and O–H groups in total. The standard InChI is InChI=1S/C23H28O11/c1-11(2)16-8-7-9-17(28)18(10-16)33-23-21(31-14(5)26)19(29-12(3)24)20(30-13(4)25)22(34-23)32-15(6)27/h7-11,19-23H,1-6H3/t19-,20-,21+,22-,23+/m0/s1. The van der Waals surface area contributed by atoms with E-state index in [1.54, 1.807) is 12.1 Å². The van der Waals surface area contributed by atoms with Crippen LogP contribution < -0.4 is 10.2 Å². The van der Waals surface area contributed by atoms with Crippen LogP contribution in [0.4, 0.5) is 0 Å². The monoisotopic (exact) mass is 480 g/mol. The fourth-order valence-electron chi connectivity index (χ4n) is 3.27. The highest BCUT2D eigenvalue weighted by atomic mass is 16.8. The maximum atomic E-state index is 12.6. The summed E-state index contributed by atoms with van der Waals surface area (Å²) in [5.41, 5.74) is 0.259. The molecule has 1 fully saturated rings. The first-order valence-corrected chi connectivity index (χ1v) is 10.5. The molecule has 2 rings (SSSR count). The molecule has 0 saturated carbocycles. The minimum absolute atomic E-state index is 0.0432. The second-order valence-electron chi connectivity index (χ2n) is 7.88. The summed E-state index contributed by atoms with van der Waals surface area (Å²) in [5.74, 6) is -3.31. The molecule has 11 heteroatoms. The lowest BCUT2D eigenvalue weighted by Crippen LogP contribution is -2.63. The van der Waals surface area contributed by atoms with Crippen LogP contribution in [0.15, 0.2) is 29.1 Å². The van der Waals surface area contributed by atoms with E-state index in [0.717, 1.165) is 33.3 Å². The van der Waals surface area contributed by atoms with Gasteiger partial charge in [-0.1, -0.05) is 26.0 Å². The maximum absolute atomic E-state index is 12.6. The minimum atomic E-state index is -1.60. The van der Waals surface area contributed by atoms with Crippen molar-refractivity contribution in [1.29, 1.82) is 0 Å². The Balaban J connectivity index is 2.58. The maximum Gasteiger partial charge on any atom is 0.305 e. The van der Waals surface area contributed by atoms with Gasteiger partial charge in [-0.05, 0) is 23.6 Å². The Kier molecular flexibility index (Phi) is 9.13. The zero-order valence-corrected chi connectivity index (χ0v) is 19.8. The minimum Gasteiger partial charge on any atom is -0.456 e. The fourth-order valence-corrected chi connectivity index (χ4v) is 3.27. The van der Waals surface area contributed by atoms with Crippen LogP contribution in [0.5, 0.6) is 5.75 Å². The predicted octanol–water partition coefficient (Wildman–Crippen LogP) is 1.59. The molecule has 1 aromatic carbocycles. The Morgan fingerprint density at radius 3 is 1.76 bits per heavy atom. The van der Waals surface area contributed by atoms with Gasteiger partial charge in [0, 0.05) is 27.7 Å². The lowest BCUT2D eigenvalue weighted by atomic mass is 10.0. The molecule has 1 aliphatic heterocycles. The summed E-state index contributed by atoms with van der Waals surface area (Å²) in [7, 11) is 0.